The quantitative estimate of drug-likeness (QED) is 0.605. The zero-order valence-electron chi connectivity index (χ0n) is 10.3. The van der Waals surface area contributed by atoms with E-state index in [9.17, 15) is 22.8 Å². The van der Waals surface area contributed by atoms with E-state index < -0.39 is 23.7 Å². The maximum Gasteiger partial charge on any atom is 0.422 e. The van der Waals surface area contributed by atoms with E-state index in [0.29, 0.717) is 32.9 Å². The Labute approximate surface area is 107 Å². The lowest BCUT2D eigenvalue weighted by molar-refractivity contribution is -0.203. The summed E-state index contributed by atoms with van der Waals surface area (Å²) in [5.74, 6) is -2.15. The van der Waals surface area contributed by atoms with Gasteiger partial charge in [-0.2, -0.15) is 13.2 Å². The first kappa shape index (κ1) is 15.5. The number of nitrogens with one attached hydrogen (secondary N) is 3. The number of carbonyl (C=O) groups excluding carboxylic acids is 1. The van der Waals surface area contributed by atoms with Crippen molar-refractivity contribution in [1.29, 1.82) is 0 Å². The Bertz CT molecular complexity index is 356. The molecule has 6 nitrogen and oxygen atoms in total. The van der Waals surface area contributed by atoms with Crippen LogP contribution in [-0.4, -0.2) is 48.0 Å². The molecule has 1 aliphatic heterocycles. The first-order valence-corrected chi connectivity index (χ1v) is 5.76. The van der Waals surface area contributed by atoms with Gasteiger partial charge in [0.15, 0.2) is 0 Å². The highest BCUT2D eigenvalue weighted by molar-refractivity contribution is 5.86. The molecule has 1 saturated heterocycles. The van der Waals surface area contributed by atoms with Crippen LogP contribution in [0, 0.1) is 0 Å². The van der Waals surface area contributed by atoms with Crippen LogP contribution in [0.2, 0.25) is 0 Å². The highest BCUT2D eigenvalue weighted by atomic mass is 19.4. The van der Waals surface area contributed by atoms with Gasteiger partial charge in [-0.05, 0) is 32.9 Å². The number of urea groups is 1. The molecule has 0 radical (unpaired) electrons. The molecule has 1 aliphatic rings. The lowest BCUT2D eigenvalue weighted by Gasteiger charge is -2.30. The van der Waals surface area contributed by atoms with E-state index in [0.717, 1.165) is 0 Å². The van der Waals surface area contributed by atoms with Crippen LogP contribution < -0.4 is 16.0 Å². The van der Waals surface area contributed by atoms with E-state index in [1.165, 1.54) is 5.32 Å². The molecule has 2 amide bonds. The second kappa shape index (κ2) is 5.64. The predicted molar refractivity (Wildman–Crippen MR) is 59.7 cm³/mol. The van der Waals surface area contributed by atoms with Crippen molar-refractivity contribution in [3.8, 4) is 0 Å². The zero-order chi connectivity index (χ0) is 14.7. The fourth-order valence-electron chi connectivity index (χ4n) is 1.66. The largest absolute Gasteiger partial charge is 0.479 e. The molecular formula is C10H16F3N3O3. The van der Waals surface area contributed by atoms with Gasteiger partial charge in [0.1, 0.15) is 0 Å². The van der Waals surface area contributed by atoms with E-state index >= 15 is 0 Å². The van der Waals surface area contributed by atoms with Gasteiger partial charge in [-0.15, -0.1) is 0 Å². The van der Waals surface area contributed by atoms with Gasteiger partial charge >= 0.3 is 18.2 Å². The third kappa shape index (κ3) is 3.72. The number of halogens is 3. The minimum absolute atomic E-state index is 0.257. The minimum atomic E-state index is -5.08. The van der Waals surface area contributed by atoms with Crippen LogP contribution in [0.1, 0.15) is 19.8 Å². The van der Waals surface area contributed by atoms with Crippen LogP contribution >= 0.6 is 0 Å². The second-order valence-corrected chi connectivity index (χ2v) is 4.55. The number of aliphatic carboxylic acids is 1. The van der Waals surface area contributed by atoms with Crippen LogP contribution in [0.15, 0.2) is 0 Å². The Kier molecular flexibility index (Phi) is 4.61. The first-order valence-electron chi connectivity index (χ1n) is 5.76. The number of hydrogen-bond donors (Lipinski definition) is 4. The van der Waals surface area contributed by atoms with E-state index in [4.69, 9.17) is 5.11 Å². The second-order valence-electron chi connectivity index (χ2n) is 4.55. The van der Waals surface area contributed by atoms with Gasteiger partial charge < -0.3 is 21.1 Å². The molecule has 0 bridgehead atoms. The van der Waals surface area contributed by atoms with Crippen molar-refractivity contribution in [2.24, 2.45) is 0 Å². The van der Waals surface area contributed by atoms with Gasteiger partial charge in [-0.1, -0.05) is 0 Å². The Balaban J connectivity index is 2.64. The molecule has 19 heavy (non-hydrogen) atoms. The van der Waals surface area contributed by atoms with Gasteiger partial charge in [-0.3, -0.25) is 0 Å². The highest BCUT2D eigenvalue weighted by Crippen LogP contribution is 2.30. The van der Waals surface area contributed by atoms with Crippen molar-refractivity contribution in [2.75, 3.05) is 13.1 Å². The topological polar surface area (TPSA) is 90.5 Å². The van der Waals surface area contributed by atoms with Crippen LogP contribution in [-0.2, 0) is 4.79 Å². The summed E-state index contributed by atoms with van der Waals surface area (Å²) < 4.78 is 38.0. The van der Waals surface area contributed by atoms with E-state index in [1.54, 1.807) is 0 Å². The van der Waals surface area contributed by atoms with Crippen molar-refractivity contribution in [2.45, 2.75) is 37.5 Å². The minimum Gasteiger partial charge on any atom is -0.479 e. The number of piperidine rings is 1. The summed E-state index contributed by atoms with van der Waals surface area (Å²) in [5, 5.41) is 15.5. The third-order valence-electron chi connectivity index (χ3n) is 3.03. The molecule has 110 valence electrons. The highest BCUT2D eigenvalue weighted by Gasteiger charge is 2.58. The van der Waals surface area contributed by atoms with Gasteiger partial charge in [0, 0.05) is 6.04 Å². The van der Waals surface area contributed by atoms with E-state index in [-0.39, 0.29) is 6.04 Å². The SMILES string of the molecule is CC(NC(=O)NC1CCNCC1)(C(=O)O)C(F)(F)F. The Morgan fingerprint density at radius 3 is 2.21 bits per heavy atom. The molecule has 1 unspecified atom stereocenters. The average molecular weight is 283 g/mol. The average Bonchev–Trinajstić information content (AvgIpc) is 2.28. The Morgan fingerprint density at radius 1 is 1.26 bits per heavy atom. The fourth-order valence-corrected chi connectivity index (χ4v) is 1.66. The van der Waals surface area contributed by atoms with Gasteiger partial charge in [-0.25, -0.2) is 9.59 Å². The lowest BCUT2D eigenvalue weighted by Crippen LogP contribution is -2.64. The molecule has 0 aromatic carbocycles. The third-order valence-corrected chi connectivity index (χ3v) is 3.03. The lowest BCUT2D eigenvalue weighted by atomic mass is 10.0. The number of carbonyl (C=O) groups is 2. The molecule has 9 heteroatoms. The van der Waals surface area contributed by atoms with E-state index in [2.05, 4.69) is 10.6 Å². The number of rotatable bonds is 3. The summed E-state index contributed by atoms with van der Waals surface area (Å²) >= 11 is 0. The van der Waals surface area contributed by atoms with Gasteiger partial charge in [0.05, 0.1) is 0 Å². The molecule has 0 aliphatic carbocycles. The van der Waals surface area contributed by atoms with Crippen molar-refractivity contribution in [3.63, 3.8) is 0 Å². The smallest absolute Gasteiger partial charge is 0.422 e. The number of hydrogen-bond acceptors (Lipinski definition) is 3. The molecule has 0 aromatic rings. The Morgan fingerprint density at radius 2 is 1.79 bits per heavy atom. The molecule has 1 fully saturated rings. The van der Waals surface area contributed by atoms with Gasteiger partial charge in [0.25, 0.3) is 0 Å². The maximum atomic E-state index is 12.7. The van der Waals surface area contributed by atoms with Crippen LogP contribution in [0.4, 0.5) is 18.0 Å². The van der Waals surface area contributed by atoms with Crippen molar-refractivity contribution < 1.29 is 27.9 Å². The molecule has 0 saturated carbocycles. The Hall–Kier alpha value is -1.51. The normalized spacial score (nSPS) is 20.4. The van der Waals surface area contributed by atoms with Crippen LogP contribution in [0.5, 0.6) is 0 Å². The summed E-state index contributed by atoms with van der Waals surface area (Å²) in [6.07, 6.45) is -3.91. The molecule has 1 atom stereocenters. The summed E-state index contributed by atoms with van der Waals surface area (Å²) in [5.41, 5.74) is -3.30. The van der Waals surface area contributed by atoms with Crippen molar-refractivity contribution in [3.05, 3.63) is 0 Å². The number of carboxylic acids is 1. The van der Waals surface area contributed by atoms with Crippen LogP contribution in [0.25, 0.3) is 0 Å². The molecule has 4 N–H and O–H groups in total. The number of amides is 2. The molecular weight excluding hydrogens is 267 g/mol. The van der Waals surface area contributed by atoms with E-state index in [1.807, 2.05) is 0 Å². The number of alkyl halides is 3. The monoisotopic (exact) mass is 283 g/mol. The molecule has 0 spiro atoms. The van der Waals surface area contributed by atoms with Gasteiger partial charge in [0.2, 0.25) is 5.54 Å². The fraction of sp³-hybridized carbons (Fsp3) is 0.800. The number of carboxylic acid groups (broad SMARTS) is 1. The van der Waals surface area contributed by atoms with Crippen molar-refractivity contribution in [1.82, 2.24) is 16.0 Å². The molecule has 1 heterocycles. The summed E-state index contributed by atoms with van der Waals surface area (Å²) in [7, 11) is 0. The molecule has 1 rings (SSSR count). The predicted octanol–water partition coefficient (Wildman–Crippen LogP) is 0.443. The zero-order valence-corrected chi connectivity index (χ0v) is 10.3. The van der Waals surface area contributed by atoms with Crippen molar-refractivity contribution >= 4 is 12.0 Å². The molecule has 0 aromatic heterocycles. The summed E-state index contributed by atoms with van der Waals surface area (Å²) in [6, 6.07) is -1.39. The van der Waals surface area contributed by atoms with Crippen LogP contribution in [0.3, 0.4) is 0 Å². The standard InChI is InChI=1S/C10H16F3N3O3/c1-9(7(17)18,10(11,12)13)16-8(19)15-6-2-4-14-5-3-6/h6,14H,2-5H2,1H3,(H,17,18)(H2,15,16,19). The summed E-state index contributed by atoms with van der Waals surface area (Å²) in [6.45, 7) is 1.72. The first-order chi connectivity index (χ1) is 8.67. The summed E-state index contributed by atoms with van der Waals surface area (Å²) in [4.78, 5) is 22.2. The maximum absolute atomic E-state index is 12.7.